The van der Waals surface area contributed by atoms with Crippen LogP contribution in [-0.4, -0.2) is 53.3 Å². The number of ether oxygens (including phenoxy) is 2. The third-order valence-corrected chi connectivity index (χ3v) is 7.29. The van der Waals surface area contributed by atoms with Crippen molar-refractivity contribution in [2.45, 2.75) is 51.4 Å². The zero-order valence-electron chi connectivity index (χ0n) is 24.1. The number of alkyl halides is 3. The van der Waals surface area contributed by atoms with Gasteiger partial charge in [-0.05, 0) is 44.4 Å². The van der Waals surface area contributed by atoms with Gasteiger partial charge in [0.15, 0.2) is 17.2 Å². The number of rotatable bonds is 8. The molecule has 0 N–H and O–H groups in total. The summed E-state index contributed by atoms with van der Waals surface area (Å²) >= 11 is 0. The van der Waals surface area contributed by atoms with Gasteiger partial charge in [0.25, 0.3) is 5.56 Å². The number of imidazole rings is 1. The Morgan fingerprint density at radius 1 is 1.00 bits per heavy atom. The second-order valence-corrected chi connectivity index (χ2v) is 10.6. The molecule has 44 heavy (non-hydrogen) atoms. The molecule has 0 spiro atoms. The van der Waals surface area contributed by atoms with E-state index >= 15 is 4.39 Å². The molecule has 1 aliphatic carbocycles. The molecule has 0 saturated heterocycles. The predicted octanol–water partition coefficient (Wildman–Crippen LogP) is 5.19. The molecule has 4 aromatic heterocycles. The van der Waals surface area contributed by atoms with Gasteiger partial charge in [0, 0.05) is 18.2 Å². The summed E-state index contributed by atoms with van der Waals surface area (Å²) in [5, 5.41) is 0. The molecule has 11 nitrogen and oxygen atoms in total. The van der Waals surface area contributed by atoms with Crippen LogP contribution in [0.15, 0.2) is 41.8 Å². The van der Waals surface area contributed by atoms with Crippen LogP contribution in [0.1, 0.15) is 55.6 Å². The first-order valence-corrected chi connectivity index (χ1v) is 13.6. The summed E-state index contributed by atoms with van der Waals surface area (Å²) in [6, 6.07) is 2.12. The normalized spacial score (nSPS) is 13.6. The minimum atomic E-state index is -4.72. The summed E-state index contributed by atoms with van der Waals surface area (Å²) in [6.45, 7) is 3.16. The maximum atomic E-state index is 15.8. The van der Waals surface area contributed by atoms with Gasteiger partial charge in [-0.15, -0.1) is 0 Å². The van der Waals surface area contributed by atoms with Crippen molar-refractivity contribution in [1.82, 2.24) is 39.0 Å². The summed E-state index contributed by atoms with van der Waals surface area (Å²) in [5.41, 5.74) is 0.111. The molecule has 0 amide bonds. The molecule has 5 aromatic rings. The number of hydrogen-bond donors (Lipinski definition) is 0. The van der Waals surface area contributed by atoms with Crippen molar-refractivity contribution in [2.24, 2.45) is 0 Å². The summed E-state index contributed by atoms with van der Waals surface area (Å²) in [6.07, 6.45) is 2.00. The number of hydrogen-bond acceptors (Lipinski definition) is 9. The molecule has 1 aliphatic rings. The lowest BCUT2D eigenvalue weighted by molar-refractivity contribution is -0.140. The predicted molar refractivity (Wildman–Crippen MR) is 150 cm³/mol. The average molecular weight is 611 g/mol. The molecule has 6 rings (SSSR count). The van der Waals surface area contributed by atoms with E-state index in [2.05, 4.69) is 29.9 Å². The number of halogens is 4. The minimum Gasteiger partial charge on any atom is -0.496 e. The first-order chi connectivity index (χ1) is 21.0. The Kier molecular flexibility index (Phi) is 7.25. The Morgan fingerprint density at radius 3 is 2.43 bits per heavy atom. The molecule has 0 atom stereocenters. The molecule has 1 fully saturated rings. The Labute approximate surface area is 247 Å². The zero-order chi connectivity index (χ0) is 31.3. The standard InChI is InChI=1S/C29H26F4N8O3/c1-14(2)40-12-20(29(31,32)33)38-27(40)22-17(30)7-15(8-19(22)43-3)11-41-21(42)10-34-18-9-35-25(39-26(18)41)23-24(16-5-6-16)36-13-37-28(23)44-4/h7-10,12-14,16H,5-6,11H2,1-4H3. The van der Waals surface area contributed by atoms with Crippen LogP contribution in [0.5, 0.6) is 11.6 Å². The van der Waals surface area contributed by atoms with Gasteiger partial charge in [-0.1, -0.05) is 0 Å². The maximum Gasteiger partial charge on any atom is 0.434 e. The van der Waals surface area contributed by atoms with Crippen molar-refractivity contribution in [3.8, 4) is 34.4 Å². The van der Waals surface area contributed by atoms with Crippen molar-refractivity contribution in [2.75, 3.05) is 14.2 Å². The summed E-state index contributed by atoms with van der Waals surface area (Å²) in [7, 11) is 2.75. The van der Waals surface area contributed by atoms with E-state index in [1.54, 1.807) is 13.8 Å². The van der Waals surface area contributed by atoms with Gasteiger partial charge in [0.1, 0.15) is 34.8 Å². The molecule has 228 valence electrons. The third kappa shape index (κ3) is 5.22. The Bertz CT molecular complexity index is 1950. The maximum absolute atomic E-state index is 15.8. The molecule has 0 aliphatic heterocycles. The SMILES string of the molecule is COc1cc(Cn2c(=O)cnc3cnc(-c4c(OC)ncnc4C4CC4)nc32)cc(F)c1-c1nc(C(F)(F)F)cn1C(C)C. The Morgan fingerprint density at radius 2 is 1.77 bits per heavy atom. The molecule has 0 unspecified atom stereocenters. The quantitative estimate of drug-likeness (QED) is 0.219. The molecule has 1 aromatic carbocycles. The van der Waals surface area contributed by atoms with E-state index in [1.807, 2.05) is 0 Å². The van der Waals surface area contributed by atoms with Crippen LogP contribution in [0.2, 0.25) is 0 Å². The van der Waals surface area contributed by atoms with E-state index in [0.717, 1.165) is 37.0 Å². The van der Waals surface area contributed by atoms with E-state index in [9.17, 15) is 18.0 Å². The van der Waals surface area contributed by atoms with Crippen molar-refractivity contribution in [3.05, 3.63) is 70.2 Å². The molecule has 0 bridgehead atoms. The van der Waals surface area contributed by atoms with Gasteiger partial charge in [0.05, 0.1) is 44.4 Å². The average Bonchev–Trinajstić information content (AvgIpc) is 3.74. The second-order valence-electron chi connectivity index (χ2n) is 10.6. The lowest BCUT2D eigenvalue weighted by Gasteiger charge is -2.16. The van der Waals surface area contributed by atoms with Crippen molar-refractivity contribution in [1.29, 1.82) is 0 Å². The first kappa shape index (κ1) is 29.1. The highest BCUT2D eigenvalue weighted by Crippen LogP contribution is 2.45. The second kappa shape index (κ2) is 11.0. The zero-order valence-corrected chi connectivity index (χ0v) is 24.1. The fourth-order valence-electron chi connectivity index (χ4n) is 5.04. The van der Waals surface area contributed by atoms with E-state index in [0.29, 0.717) is 11.1 Å². The van der Waals surface area contributed by atoms with Gasteiger partial charge in [-0.2, -0.15) is 13.2 Å². The van der Waals surface area contributed by atoms with Crippen LogP contribution >= 0.6 is 0 Å². The van der Waals surface area contributed by atoms with E-state index in [1.165, 1.54) is 41.9 Å². The number of fused-ring (bicyclic) bond motifs is 1. The minimum absolute atomic E-state index is 0.0526. The van der Waals surface area contributed by atoms with Crippen molar-refractivity contribution >= 4 is 11.2 Å². The lowest BCUT2D eigenvalue weighted by Crippen LogP contribution is -2.22. The van der Waals surface area contributed by atoms with Gasteiger partial charge < -0.3 is 14.0 Å². The fourth-order valence-corrected chi connectivity index (χ4v) is 5.04. The largest absolute Gasteiger partial charge is 0.496 e. The highest BCUT2D eigenvalue weighted by molar-refractivity contribution is 5.75. The monoisotopic (exact) mass is 610 g/mol. The molecule has 1 saturated carbocycles. The van der Waals surface area contributed by atoms with Crippen LogP contribution < -0.4 is 15.0 Å². The van der Waals surface area contributed by atoms with Crippen molar-refractivity contribution < 1.29 is 27.0 Å². The fraction of sp³-hybridized carbons (Fsp3) is 0.345. The van der Waals surface area contributed by atoms with E-state index < -0.39 is 29.3 Å². The van der Waals surface area contributed by atoms with Gasteiger partial charge in [-0.3, -0.25) is 9.36 Å². The molecular formula is C29H26F4N8O3. The first-order valence-electron chi connectivity index (χ1n) is 13.6. The van der Waals surface area contributed by atoms with E-state index in [4.69, 9.17) is 9.47 Å². The summed E-state index contributed by atoms with van der Waals surface area (Å²) in [5.74, 6) is -0.425. The number of aromatic nitrogens is 8. The summed E-state index contributed by atoms with van der Waals surface area (Å²) < 4.78 is 69.7. The van der Waals surface area contributed by atoms with Gasteiger partial charge in [-0.25, -0.2) is 34.3 Å². The third-order valence-electron chi connectivity index (χ3n) is 7.29. The highest BCUT2D eigenvalue weighted by atomic mass is 19.4. The molecule has 15 heteroatoms. The Balaban J connectivity index is 1.46. The van der Waals surface area contributed by atoms with Crippen LogP contribution in [0.4, 0.5) is 17.6 Å². The van der Waals surface area contributed by atoms with Crippen LogP contribution in [0.3, 0.4) is 0 Å². The lowest BCUT2D eigenvalue weighted by atomic mass is 10.1. The van der Waals surface area contributed by atoms with E-state index in [-0.39, 0.29) is 52.5 Å². The van der Waals surface area contributed by atoms with Crippen LogP contribution in [0.25, 0.3) is 33.9 Å². The number of nitrogens with zero attached hydrogens (tertiary/aromatic N) is 8. The smallest absolute Gasteiger partial charge is 0.434 e. The highest BCUT2D eigenvalue weighted by Gasteiger charge is 2.36. The van der Waals surface area contributed by atoms with Crippen LogP contribution in [0, 0.1) is 5.82 Å². The molecular weight excluding hydrogens is 584 g/mol. The van der Waals surface area contributed by atoms with Crippen LogP contribution in [-0.2, 0) is 12.7 Å². The molecule has 4 heterocycles. The number of methoxy groups -OCH3 is 2. The summed E-state index contributed by atoms with van der Waals surface area (Å²) in [4.78, 5) is 38.7. The topological polar surface area (TPSA) is 123 Å². The number of benzene rings is 1. The Hall–Kier alpha value is -4.95. The van der Waals surface area contributed by atoms with Crippen molar-refractivity contribution in [3.63, 3.8) is 0 Å². The van der Waals surface area contributed by atoms with Gasteiger partial charge in [0.2, 0.25) is 5.88 Å². The van der Waals surface area contributed by atoms with Gasteiger partial charge >= 0.3 is 6.18 Å². The molecule has 0 radical (unpaired) electrons.